The number of carbonyl (C=O) groups is 3. The van der Waals surface area contributed by atoms with Gasteiger partial charge in [-0.25, -0.2) is 0 Å². The molecule has 206 valence electrons. The van der Waals surface area contributed by atoms with Gasteiger partial charge in [-0.05, 0) is 105 Å². The van der Waals surface area contributed by atoms with Crippen LogP contribution in [-0.4, -0.2) is 50.4 Å². The topological polar surface area (TPSA) is 132 Å². The van der Waals surface area contributed by atoms with Crippen LogP contribution in [-0.2, 0) is 14.4 Å². The van der Waals surface area contributed by atoms with Crippen molar-refractivity contribution in [2.45, 2.75) is 104 Å². The minimum atomic E-state index is -1.27. The molecule has 0 amide bonds. The highest BCUT2D eigenvalue weighted by Gasteiger charge is 2.85. The molecule has 0 radical (unpaired) electrons. The predicted molar refractivity (Wildman–Crippen MR) is 136 cm³/mol. The number of carboxylic acids is 2. The molecule has 5 saturated carbocycles. The Balaban J connectivity index is 1.47. The summed E-state index contributed by atoms with van der Waals surface area (Å²) in [4.78, 5) is 37.2. The quantitative estimate of drug-likeness (QED) is 0.368. The van der Waals surface area contributed by atoms with Crippen molar-refractivity contribution in [2.24, 2.45) is 50.7 Å². The van der Waals surface area contributed by atoms with E-state index in [2.05, 4.69) is 20.4 Å². The molecule has 7 heteroatoms. The van der Waals surface area contributed by atoms with Crippen LogP contribution in [0, 0.1) is 50.7 Å². The number of hydrogen-bond acceptors (Lipinski definition) is 5. The van der Waals surface area contributed by atoms with Crippen LogP contribution in [0.3, 0.4) is 0 Å². The van der Waals surface area contributed by atoms with Crippen molar-refractivity contribution < 1.29 is 34.8 Å². The summed E-state index contributed by atoms with van der Waals surface area (Å²) >= 11 is 0. The van der Waals surface area contributed by atoms with Gasteiger partial charge in [-0.2, -0.15) is 0 Å². The van der Waals surface area contributed by atoms with Gasteiger partial charge in [0.15, 0.2) is 5.78 Å². The molecule has 0 saturated heterocycles. The molecule has 0 aromatic heterocycles. The molecule has 5 fully saturated rings. The van der Waals surface area contributed by atoms with E-state index in [0.29, 0.717) is 18.4 Å². The van der Waals surface area contributed by atoms with E-state index in [-0.39, 0.29) is 52.6 Å². The molecule has 0 heterocycles. The molecule has 0 unspecified atom stereocenters. The smallest absolute Gasteiger partial charge is 0.312 e. The van der Waals surface area contributed by atoms with Crippen molar-refractivity contribution in [2.75, 3.05) is 0 Å². The first-order valence-electron chi connectivity index (χ1n) is 14.1. The van der Waals surface area contributed by atoms with Gasteiger partial charge in [0.05, 0.1) is 23.5 Å². The second kappa shape index (κ2) is 8.14. The third-order valence-corrected chi connectivity index (χ3v) is 13.3. The van der Waals surface area contributed by atoms with Crippen LogP contribution in [0.5, 0.6) is 0 Å². The molecule has 0 aromatic rings. The maximum atomic E-state index is 12.5. The fourth-order valence-electron chi connectivity index (χ4n) is 11.0. The number of aliphatic carboxylic acids is 2. The largest absolute Gasteiger partial charge is 0.481 e. The van der Waals surface area contributed by atoms with Crippen LogP contribution in [0.4, 0.5) is 0 Å². The molecule has 37 heavy (non-hydrogen) atoms. The van der Waals surface area contributed by atoms with Crippen molar-refractivity contribution in [3.63, 3.8) is 0 Å². The average molecular weight is 517 g/mol. The summed E-state index contributed by atoms with van der Waals surface area (Å²) in [5.74, 6) is -2.47. The number of aliphatic hydroxyl groups excluding tert-OH is 2. The summed E-state index contributed by atoms with van der Waals surface area (Å²) in [6, 6.07) is 0. The molecule has 5 rings (SSSR count). The molecule has 5 aliphatic carbocycles. The lowest BCUT2D eigenvalue weighted by molar-refractivity contribution is -0.210. The minimum Gasteiger partial charge on any atom is -0.481 e. The van der Waals surface area contributed by atoms with Gasteiger partial charge in [0.2, 0.25) is 0 Å². The fraction of sp³-hybridized carbons (Fsp3) is 0.833. The second-order valence-electron chi connectivity index (χ2n) is 14.1. The summed E-state index contributed by atoms with van der Waals surface area (Å²) in [5, 5.41) is 42.7. The number of carboxylic acid groups (broad SMARTS) is 2. The van der Waals surface area contributed by atoms with Crippen molar-refractivity contribution in [1.82, 2.24) is 0 Å². The van der Waals surface area contributed by atoms with Crippen molar-refractivity contribution in [1.29, 1.82) is 0 Å². The Hall–Kier alpha value is -1.73. The van der Waals surface area contributed by atoms with Gasteiger partial charge in [0, 0.05) is 18.3 Å². The zero-order chi connectivity index (χ0) is 27.3. The van der Waals surface area contributed by atoms with E-state index in [4.69, 9.17) is 0 Å². The minimum absolute atomic E-state index is 0.0277. The number of aliphatic hydroxyl groups is 2. The lowest BCUT2D eigenvalue weighted by Crippen LogP contribution is -2.63. The summed E-state index contributed by atoms with van der Waals surface area (Å²) in [6.45, 7) is 11.6. The van der Waals surface area contributed by atoms with Crippen molar-refractivity contribution in [3.05, 3.63) is 12.2 Å². The normalized spacial score (nSPS) is 50.6. The highest BCUT2D eigenvalue weighted by atomic mass is 16.4. The van der Waals surface area contributed by atoms with Crippen molar-refractivity contribution >= 4 is 17.7 Å². The Morgan fingerprint density at radius 2 is 1.57 bits per heavy atom. The van der Waals surface area contributed by atoms with E-state index < -0.39 is 40.9 Å². The standard InChI is InChI=1S/C30H44O7/c1-16(2)19(31)7-6-17(24(34)35)18-10-11-27(4)20-8-9-21-28(5,25(36)37)22(32)14-23(33)30(21)15-29(20,30)13-12-26(18,27)3/h17-18,20-23,32-33H,1,6-15H2,2-5H3,(H,34,35)(H,36,37)/t17-,18-,20+,21+,22+,23+,26-,27+,28+,29+,30-/m1/s1. The van der Waals surface area contributed by atoms with E-state index >= 15 is 0 Å². The first kappa shape index (κ1) is 26.9. The highest BCUT2D eigenvalue weighted by molar-refractivity contribution is 5.94. The summed E-state index contributed by atoms with van der Waals surface area (Å²) in [5.41, 5.74) is -1.76. The Bertz CT molecular complexity index is 1050. The van der Waals surface area contributed by atoms with E-state index in [1.54, 1.807) is 13.8 Å². The number of carbonyl (C=O) groups excluding carboxylic acids is 1. The zero-order valence-corrected chi connectivity index (χ0v) is 22.8. The molecule has 11 atom stereocenters. The number of hydrogen-bond donors (Lipinski definition) is 4. The first-order valence-corrected chi connectivity index (χ1v) is 14.1. The van der Waals surface area contributed by atoms with Crippen LogP contribution in [0.1, 0.15) is 91.9 Å². The van der Waals surface area contributed by atoms with Gasteiger partial charge in [-0.15, -0.1) is 0 Å². The summed E-state index contributed by atoms with van der Waals surface area (Å²) in [6.07, 6.45) is 4.58. The maximum absolute atomic E-state index is 12.5. The van der Waals surface area contributed by atoms with Crippen LogP contribution < -0.4 is 0 Å². The lowest BCUT2D eigenvalue weighted by Gasteiger charge is -2.63. The van der Waals surface area contributed by atoms with Gasteiger partial charge in [-0.1, -0.05) is 20.4 Å². The second-order valence-corrected chi connectivity index (χ2v) is 14.1. The number of fused-ring (bicyclic) bond motifs is 2. The van der Waals surface area contributed by atoms with Gasteiger partial charge < -0.3 is 20.4 Å². The summed E-state index contributed by atoms with van der Waals surface area (Å²) in [7, 11) is 0. The van der Waals surface area contributed by atoms with Crippen LogP contribution >= 0.6 is 0 Å². The lowest BCUT2D eigenvalue weighted by atomic mass is 9.41. The van der Waals surface area contributed by atoms with E-state index in [0.717, 1.165) is 38.5 Å². The Morgan fingerprint density at radius 3 is 2.16 bits per heavy atom. The molecule has 7 nitrogen and oxygen atoms in total. The molecular weight excluding hydrogens is 472 g/mol. The monoisotopic (exact) mass is 516 g/mol. The number of Topliss-reactive ketones (excluding diaryl/α,β-unsaturated/α-hetero) is 1. The third-order valence-electron chi connectivity index (χ3n) is 13.3. The molecule has 0 bridgehead atoms. The molecule has 0 aliphatic heterocycles. The van der Waals surface area contributed by atoms with Gasteiger partial charge in [-0.3, -0.25) is 14.4 Å². The van der Waals surface area contributed by atoms with E-state index in [1.807, 2.05) is 0 Å². The molecule has 0 aromatic carbocycles. The average Bonchev–Trinajstić information content (AvgIpc) is 3.44. The molecule has 4 N–H and O–H groups in total. The number of ketones is 1. The van der Waals surface area contributed by atoms with Crippen LogP contribution in [0.2, 0.25) is 0 Å². The summed E-state index contributed by atoms with van der Waals surface area (Å²) < 4.78 is 0. The SMILES string of the molecule is C=C(C)C(=O)CC[C@@H](C(=O)O)[C@H]1CC[C@@]2(C)[C@@H]3CC[C@H]4[C@](C)(C(=O)O)[C@@H](O)C[C@H](O)[C@@]45C[C@@]35CC[C@]12C. The Kier molecular flexibility index (Phi) is 5.91. The zero-order valence-electron chi connectivity index (χ0n) is 22.8. The number of rotatable bonds is 7. The Morgan fingerprint density at radius 1 is 0.919 bits per heavy atom. The number of allylic oxidation sites excluding steroid dienone is 1. The van der Waals surface area contributed by atoms with Gasteiger partial charge in [0.25, 0.3) is 0 Å². The van der Waals surface area contributed by atoms with Gasteiger partial charge >= 0.3 is 11.9 Å². The molecule has 2 spiro atoms. The molecule has 5 aliphatic rings. The third kappa shape index (κ3) is 3.10. The predicted octanol–water partition coefficient (Wildman–Crippen LogP) is 4.45. The maximum Gasteiger partial charge on any atom is 0.312 e. The fourth-order valence-corrected chi connectivity index (χ4v) is 11.0. The first-order chi connectivity index (χ1) is 17.1. The Labute approximate surface area is 219 Å². The molecular formula is C30H44O7. The van der Waals surface area contributed by atoms with Gasteiger partial charge in [0.1, 0.15) is 0 Å². The van der Waals surface area contributed by atoms with E-state index in [1.165, 1.54) is 0 Å². The van der Waals surface area contributed by atoms with Crippen LogP contribution in [0.15, 0.2) is 12.2 Å². The van der Waals surface area contributed by atoms with E-state index in [9.17, 15) is 34.8 Å². The van der Waals surface area contributed by atoms with Crippen LogP contribution in [0.25, 0.3) is 0 Å². The van der Waals surface area contributed by atoms with Crippen molar-refractivity contribution in [3.8, 4) is 0 Å². The highest BCUT2D eigenvalue weighted by Crippen LogP contribution is 2.89.